The smallest absolute Gasteiger partial charge is 0.250 e. The maximum absolute atomic E-state index is 11.8. The van der Waals surface area contributed by atoms with E-state index in [1.807, 2.05) is 18.2 Å². The van der Waals surface area contributed by atoms with Crippen molar-refractivity contribution in [3.8, 4) is 5.75 Å². The van der Waals surface area contributed by atoms with Crippen molar-refractivity contribution in [1.82, 2.24) is 15.2 Å². The summed E-state index contributed by atoms with van der Waals surface area (Å²) in [5.74, 6) is 1.63. The van der Waals surface area contributed by atoms with Gasteiger partial charge in [0.05, 0.1) is 13.7 Å². The van der Waals surface area contributed by atoms with E-state index < -0.39 is 0 Å². The summed E-state index contributed by atoms with van der Waals surface area (Å²) in [5.41, 5.74) is 3.49. The quantitative estimate of drug-likeness (QED) is 0.265. The highest BCUT2D eigenvalue weighted by Crippen LogP contribution is 2.11. The van der Waals surface area contributed by atoms with Crippen LogP contribution in [0.15, 0.2) is 82.7 Å². The van der Waals surface area contributed by atoms with Gasteiger partial charge in [-0.2, -0.15) is 0 Å². The summed E-state index contributed by atoms with van der Waals surface area (Å²) in [4.78, 5) is 16.1. The second-order valence-electron chi connectivity index (χ2n) is 6.93. The first-order valence-electron chi connectivity index (χ1n) is 9.98. The highest BCUT2D eigenvalue weighted by molar-refractivity contribution is 14.0. The number of nitrogens with zero attached hydrogens (tertiary/aromatic N) is 2. The molecule has 31 heavy (non-hydrogen) atoms. The van der Waals surface area contributed by atoms with Gasteiger partial charge in [-0.25, -0.2) is 0 Å². The maximum atomic E-state index is 11.8. The number of hydrogen-bond donors (Lipinski definition) is 2. The van der Waals surface area contributed by atoms with Gasteiger partial charge in [0.1, 0.15) is 5.75 Å². The number of rotatable bonds is 8. The van der Waals surface area contributed by atoms with Crippen molar-refractivity contribution in [2.24, 2.45) is 4.99 Å². The molecule has 1 aromatic heterocycles. The van der Waals surface area contributed by atoms with Crippen LogP contribution in [0.25, 0.3) is 0 Å². The summed E-state index contributed by atoms with van der Waals surface area (Å²) in [5, 5.41) is 6.67. The van der Waals surface area contributed by atoms with E-state index in [0.29, 0.717) is 13.1 Å². The monoisotopic (exact) mass is 532 g/mol. The Morgan fingerprint density at radius 1 is 0.935 bits per heavy atom. The predicted octanol–water partition coefficient (Wildman–Crippen LogP) is 3.43. The molecule has 3 rings (SSSR count). The molecule has 0 saturated carbocycles. The molecule has 0 aliphatic heterocycles. The lowest BCUT2D eigenvalue weighted by atomic mass is 10.1. The number of aliphatic imine (C=N–C) groups is 1. The lowest BCUT2D eigenvalue weighted by Crippen LogP contribution is -2.37. The van der Waals surface area contributed by atoms with E-state index in [1.165, 1.54) is 5.56 Å². The summed E-state index contributed by atoms with van der Waals surface area (Å²) in [6.07, 6.45) is 2.71. The molecule has 1 heterocycles. The van der Waals surface area contributed by atoms with Gasteiger partial charge in [0.2, 0.25) is 0 Å². The van der Waals surface area contributed by atoms with Gasteiger partial charge in [-0.1, -0.05) is 42.5 Å². The predicted molar refractivity (Wildman–Crippen MR) is 137 cm³/mol. The molecular formula is C24H29IN4O2. The number of halogens is 1. The van der Waals surface area contributed by atoms with Crippen LogP contribution in [0, 0.1) is 0 Å². The summed E-state index contributed by atoms with van der Waals surface area (Å²) in [6.45, 7) is 2.03. The fourth-order valence-corrected chi connectivity index (χ4v) is 3.07. The third-order valence-electron chi connectivity index (χ3n) is 4.82. The molecule has 0 aliphatic carbocycles. The molecule has 2 N–H and O–H groups in total. The van der Waals surface area contributed by atoms with Gasteiger partial charge in [-0.05, 0) is 41.3 Å². The van der Waals surface area contributed by atoms with Crippen LogP contribution in [0.4, 0.5) is 0 Å². The summed E-state index contributed by atoms with van der Waals surface area (Å²) >= 11 is 0. The first-order valence-corrected chi connectivity index (χ1v) is 9.98. The second-order valence-corrected chi connectivity index (χ2v) is 6.93. The highest BCUT2D eigenvalue weighted by atomic mass is 127. The van der Waals surface area contributed by atoms with Crippen molar-refractivity contribution in [1.29, 1.82) is 0 Å². The molecule has 0 fully saturated rings. The Hall–Kier alpha value is -2.81. The van der Waals surface area contributed by atoms with E-state index in [-0.39, 0.29) is 29.5 Å². The van der Waals surface area contributed by atoms with E-state index in [1.54, 1.807) is 37.1 Å². The van der Waals surface area contributed by atoms with Gasteiger partial charge in [-0.15, -0.1) is 24.0 Å². The number of methoxy groups -OCH3 is 1. The zero-order valence-electron chi connectivity index (χ0n) is 17.9. The lowest BCUT2D eigenvalue weighted by molar-refractivity contribution is 0.414. The molecule has 6 nitrogen and oxygen atoms in total. The van der Waals surface area contributed by atoms with Gasteiger partial charge in [-0.3, -0.25) is 9.79 Å². The number of aromatic nitrogens is 1. The SMILES string of the molecule is CN=C(NCCc1ccc(OC)cc1)NCc1ccc(Cn2ccccc2=O)cc1.I. The molecule has 3 aromatic rings. The largest absolute Gasteiger partial charge is 0.497 e. The number of guanidine groups is 1. The number of pyridine rings is 1. The van der Waals surface area contributed by atoms with Crippen LogP contribution >= 0.6 is 24.0 Å². The standard InChI is InChI=1S/C24H28N4O2.HI/c1-25-24(26-15-14-19-10-12-22(30-2)13-11-19)27-17-20-6-8-21(9-7-20)18-28-16-4-3-5-23(28)29;/h3-13,16H,14-15,17-18H2,1-2H3,(H2,25,26,27);1H. The molecular weight excluding hydrogens is 503 g/mol. The average molecular weight is 532 g/mol. The Morgan fingerprint density at radius 2 is 1.61 bits per heavy atom. The minimum atomic E-state index is 0. The van der Waals surface area contributed by atoms with Crippen LogP contribution in [-0.2, 0) is 19.5 Å². The minimum absolute atomic E-state index is 0. The van der Waals surface area contributed by atoms with Crippen LogP contribution in [-0.4, -0.2) is 31.2 Å². The average Bonchev–Trinajstić information content (AvgIpc) is 2.79. The van der Waals surface area contributed by atoms with Crippen molar-refractivity contribution in [3.63, 3.8) is 0 Å². The number of benzene rings is 2. The Bertz CT molecular complexity index is 1010. The van der Waals surface area contributed by atoms with Crippen LogP contribution < -0.4 is 20.9 Å². The van der Waals surface area contributed by atoms with Gasteiger partial charge in [0.25, 0.3) is 5.56 Å². The molecule has 0 saturated heterocycles. The van der Waals surface area contributed by atoms with Crippen LogP contribution in [0.2, 0.25) is 0 Å². The topological polar surface area (TPSA) is 67.7 Å². The van der Waals surface area contributed by atoms with Gasteiger partial charge >= 0.3 is 0 Å². The van der Waals surface area contributed by atoms with Crippen molar-refractivity contribution >= 4 is 29.9 Å². The van der Waals surface area contributed by atoms with Crippen molar-refractivity contribution in [2.45, 2.75) is 19.5 Å². The van der Waals surface area contributed by atoms with E-state index in [4.69, 9.17) is 4.74 Å². The fourth-order valence-electron chi connectivity index (χ4n) is 3.07. The van der Waals surface area contributed by atoms with E-state index in [2.05, 4.69) is 52.0 Å². The van der Waals surface area contributed by atoms with Crippen LogP contribution in [0.1, 0.15) is 16.7 Å². The first-order chi connectivity index (χ1) is 14.7. The molecule has 0 radical (unpaired) electrons. The molecule has 0 spiro atoms. The summed E-state index contributed by atoms with van der Waals surface area (Å²) in [6, 6.07) is 21.5. The Labute approximate surface area is 200 Å². The van der Waals surface area contributed by atoms with Gasteiger partial charge < -0.3 is 19.9 Å². The number of ether oxygens (including phenoxy) is 1. The maximum Gasteiger partial charge on any atom is 0.250 e. The third-order valence-corrected chi connectivity index (χ3v) is 4.82. The van der Waals surface area contributed by atoms with E-state index in [9.17, 15) is 4.79 Å². The molecule has 0 unspecified atom stereocenters. The minimum Gasteiger partial charge on any atom is -0.497 e. The normalized spacial score (nSPS) is 10.8. The Balaban J connectivity index is 0.00000341. The second kappa shape index (κ2) is 12.8. The molecule has 2 aromatic carbocycles. The summed E-state index contributed by atoms with van der Waals surface area (Å²) in [7, 11) is 3.44. The molecule has 0 amide bonds. The Kier molecular flexibility index (Phi) is 10.1. The van der Waals surface area contributed by atoms with E-state index in [0.717, 1.165) is 35.8 Å². The molecule has 0 bridgehead atoms. The number of hydrogen-bond acceptors (Lipinski definition) is 3. The molecule has 0 aliphatic rings. The zero-order chi connectivity index (χ0) is 21.2. The van der Waals surface area contributed by atoms with Gasteiger partial charge in [0.15, 0.2) is 5.96 Å². The third kappa shape index (κ3) is 7.75. The molecule has 7 heteroatoms. The summed E-state index contributed by atoms with van der Waals surface area (Å²) < 4.78 is 6.88. The van der Waals surface area contributed by atoms with Crippen molar-refractivity contribution in [2.75, 3.05) is 20.7 Å². The lowest BCUT2D eigenvalue weighted by Gasteiger charge is -2.12. The highest BCUT2D eigenvalue weighted by Gasteiger charge is 2.01. The molecule has 164 valence electrons. The van der Waals surface area contributed by atoms with Gasteiger partial charge in [0, 0.05) is 32.4 Å². The van der Waals surface area contributed by atoms with Crippen molar-refractivity contribution < 1.29 is 4.74 Å². The number of nitrogens with one attached hydrogen (secondary N) is 2. The zero-order valence-corrected chi connectivity index (χ0v) is 20.2. The molecule has 0 atom stereocenters. The fraction of sp³-hybridized carbons (Fsp3) is 0.250. The first kappa shape index (κ1) is 24.5. The van der Waals surface area contributed by atoms with Crippen molar-refractivity contribution in [3.05, 3.63) is 100.0 Å². The van der Waals surface area contributed by atoms with E-state index >= 15 is 0 Å². The van der Waals surface area contributed by atoms with Crippen LogP contribution in [0.5, 0.6) is 5.75 Å². The Morgan fingerprint density at radius 3 is 2.26 bits per heavy atom. The van der Waals surface area contributed by atoms with Crippen LogP contribution in [0.3, 0.4) is 0 Å².